The third kappa shape index (κ3) is 6.88. The second kappa shape index (κ2) is 9.01. The molecule has 1 aromatic heterocycles. The van der Waals surface area contributed by atoms with Gasteiger partial charge in [-0.05, 0) is 26.3 Å². The molecule has 1 fully saturated rings. The molecule has 0 unspecified atom stereocenters. The summed E-state index contributed by atoms with van der Waals surface area (Å²) in [5.74, 6) is 0.631. The second-order valence-electron chi connectivity index (χ2n) is 7.19. The smallest absolute Gasteiger partial charge is 0.410 e. The molecule has 7 nitrogen and oxygen atoms in total. The fourth-order valence-corrected chi connectivity index (χ4v) is 2.59. The van der Waals surface area contributed by atoms with E-state index < -0.39 is 5.60 Å². The minimum atomic E-state index is -0.436. The number of nitrogens with one attached hydrogen (secondary N) is 1. The minimum Gasteiger partial charge on any atom is -0.481 e. The molecule has 0 bridgehead atoms. The summed E-state index contributed by atoms with van der Waals surface area (Å²) in [6, 6.07) is 3.88. The summed E-state index contributed by atoms with van der Waals surface area (Å²) < 4.78 is 10.5. The van der Waals surface area contributed by atoms with Gasteiger partial charge in [0.05, 0.1) is 7.11 Å². The van der Waals surface area contributed by atoms with Crippen LogP contribution in [0.4, 0.5) is 4.79 Å². The maximum atomic E-state index is 12.0. The number of ether oxygens (including phenoxy) is 2. The average molecular weight is 350 g/mol. The van der Waals surface area contributed by atoms with Crippen molar-refractivity contribution in [2.75, 3.05) is 46.4 Å². The molecule has 1 aliphatic rings. The lowest BCUT2D eigenvalue weighted by atomic mass is 10.2. The topological polar surface area (TPSA) is 66.9 Å². The van der Waals surface area contributed by atoms with E-state index in [1.807, 2.05) is 39.1 Å². The standard InChI is InChI=1S/C18H30N4O3/c1-18(2,3)25-17(23)22-11-9-21(10-12-22)8-7-19-13-15-5-6-16(24-4)20-14-15/h5-6,14,19H,7-13H2,1-4H3. The Balaban J connectivity index is 1.61. The number of carbonyl (C=O) groups excluding carboxylic acids is 1. The van der Waals surface area contributed by atoms with Crippen LogP contribution in [0.3, 0.4) is 0 Å². The summed E-state index contributed by atoms with van der Waals surface area (Å²) in [6.07, 6.45) is 1.61. The molecule has 0 saturated carbocycles. The molecule has 0 radical (unpaired) electrons. The first-order chi connectivity index (χ1) is 11.9. The van der Waals surface area contributed by atoms with Gasteiger partial charge in [-0.3, -0.25) is 4.90 Å². The summed E-state index contributed by atoms with van der Waals surface area (Å²) in [5, 5.41) is 3.42. The number of hydrogen-bond acceptors (Lipinski definition) is 6. The number of hydrogen-bond donors (Lipinski definition) is 1. The van der Waals surface area contributed by atoms with Crippen molar-refractivity contribution in [1.29, 1.82) is 0 Å². The lowest BCUT2D eigenvalue weighted by Gasteiger charge is -2.35. The van der Waals surface area contributed by atoms with Crippen LogP contribution in [-0.2, 0) is 11.3 Å². The Bertz CT molecular complexity index is 534. The van der Waals surface area contributed by atoms with Crippen molar-refractivity contribution in [1.82, 2.24) is 20.1 Å². The van der Waals surface area contributed by atoms with Gasteiger partial charge >= 0.3 is 6.09 Å². The highest BCUT2D eigenvalue weighted by atomic mass is 16.6. The molecule has 1 saturated heterocycles. The van der Waals surface area contributed by atoms with Crippen LogP contribution in [-0.4, -0.2) is 72.9 Å². The second-order valence-corrected chi connectivity index (χ2v) is 7.19. The van der Waals surface area contributed by atoms with Crippen molar-refractivity contribution >= 4 is 6.09 Å². The molecule has 0 aromatic carbocycles. The van der Waals surface area contributed by atoms with E-state index in [9.17, 15) is 4.79 Å². The fourth-order valence-electron chi connectivity index (χ4n) is 2.59. The quantitative estimate of drug-likeness (QED) is 0.788. The molecule has 1 N–H and O–H groups in total. The summed E-state index contributed by atoms with van der Waals surface area (Å²) in [4.78, 5) is 20.4. The zero-order chi connectivity index (χ0) is 18.3. The van der Waals surface area contributed by atoms with Crippen molar-refractivity contribution in [3.05, 3.63) is 23.9 Å². The molecule has 7 heteroatoms. The van der Waals surface area contributed by atoms with Gasteiger partial charge in [-0.25, -0.2) is 9.78 Å². The predicted molar refractivity (Wildman–Crippen MR) is 96.7 cm³/mol. The number of piperazine rings is 1. The minimum absolute atomic E-state index is 0.211. The van der Waals surface area contributed by atoms with Gasteiger partial charge in [0.1, 0.15) is 5.60 Å². The average Bonchev–Trinajstić information content (AvgIpc) is 2.58. The van der Waals surface area contributed by atoms with E-state index >= 15 is 0 Å². The molecule has 2 heterocycles. The summed E-state index contributed by atoms with van der Waals surface area (Å²) >= 11 is 0. The van der Waals surface area contributed by atoms with Crippen LogP contribution < -0.4 is 10.1 Å². The first kappa shape index (κ1) is 19.5. The Morgan fingerprint density at radius 3 is 2.52 bits per heavy atom. The molecule has 1 aromatic rings. The largest absolute Gasteiger partial charge is 0.481 e. The van der Waals surface area contributed by atoms with E-state index in [-0.39, 0.29) is 6.09 Å². The molecule has 1 amide bonds. The van der Waals surface area contributed by atoms with Crippen molar-refractivity contribution in [3.8, 4) is 5.88 Å². The predicted octanol–water partition coefficient (Wildman–Crippen LogP) is 1.73. The van der Waals surface area contributed by atoms with Crippen molar-refractivity contribution < 1.29 is 14.3 Å². The molecule has 0 aliphatic carbocycles. The number of amides is 1. The van der Waals surface area contributed by atoms with E-state index in [1.54, 1.807) is 12.0 Å². The fraction of sp³-hybridized carbons (Fsp3) is 0.667. The van der Waals surface area contributed by atoms with Gasteiger partial charge in [-0.15, -0.1) is 0 Å². The first-order valence-corrected chi connectivity index (χ1v) is 8.77. The van der Waals surface area contributed by atoms with Gasteiger partial charge in [0.2, 0.25) is 5.88 Å². The van der Waals surface area contributed by atoms with Crippen LogP contribution in [0, 0.1) is 0 Å². The van der Waals surface area contributed by atoms with Crippen LogP contribution in [0.15, 0.2) is 18.3 Å². The summed E-state index contributed by atoms with van der Waals surface area (Å²) in [6.45, 7) is 11.5. The van der Waals surface area contributed by atoms with Crippen LogP contribution in [0.1, 0.15) is 26.3 Å². The van der Waals surface area contributed by atoms with E-state index in [2.05, 4.69) is 15.2 Å². The number of aromatic nitrogens is 1. The molecule has 0 atom stereocenters. The molecule has 1 aliphatic heterocycles. The zero-order valence-electron chi connectivity index (χ0n) is 15.7. The maximum Gasteiger partial charge on any atom is 0.410 e. The Labute approximate surface area is 150 Å². The number of pyridine rings is 1. The van der Waals surface area contributed by atoms with Gasteiger partial charge in [0, 0.05) is 58.1 Å². The van der Waals surface area contributed by atoms with E-state index in [4.69, 9.17) is 9.47 Å². The van der Waals surface area contributed by atoms with E-state index in [0.29, 0.717) is 5.88 Å². The molecular weight excluding hydrogens is 320 g/mol. The molecule has 140 valence electrons. The summed E-state index contributed by atoms with van der Waals surface area (Å²) in [7, 11) is 1.61. The highest BCUT2D eigenvalue weighted by Gasteiger charge is 2.25. The number of methoxy groups -OCH3 is 1. The lowest BCUT2D eigenvalue weighted by molar-refractivity contribution is 0.0146. The van der Waals surface area contributed by atoms with E-state index in [1.165, 1.54) is 0 Å². The van der Waals surface area contributed by atoms with Gasteiger partial charge in [-0.2, -0.15) is 0 Å². The number of nitrogens with zero attached hydrogens (tertiary/aromatic N) is 3. The van der Waals surface area contributed by atoms with Crippen LogP contribution in [0.25, 0.3) is 0 Å². The van der Waals surface area contributed by atoms with E-state index in [0.717, 1.165) is 51.4 Å². The highest BCUT2D eigenvalue weighted by Crippen LogP contribution is 2.11. The third-order valence-corrected chi connectivity index (χ3v) is 3.96. The SMILES string of the molecule is COc1ccc(CNCCN2CCN(C(=O)OC(C)(C)C)CC2)cn1. The van der Waals surface area contributed by atoms with Crippen molar-refractivity contribution in [2.45, 2.75) is 32.9 Å². The van der Waals surface area contributed by atoms with Gasteiger partial charge in [0.25, 0.3) is 0 Å². The molecule has 2 rings (SSSR count). The maximum absolute atomic E-state index is 12.0. The first-order valence-electron chi connectivity index (χ1n) is 8.77. The van der Waals surface area contributed by atoms with Crippen molar-refractivity contribution in [3.63, 3.8) is 0 Å². The monoisotopic (exact) mass is 350 g/mol. The van der Waals surface area contributed by atoms with Gasteiger partial charge in [0.15, 0.2) is 0 Å². The highest BCUT2D eigenvalue weighted by molar-refractivity contribution is 5.68. The number of carbonyl (C=O) groups is 1. The zero-order valence-corrected chi connectivity index (χ0v) is 15.7. The number of rotatable bonds is 6. The van der Waals surface area contributed by atoms with Crippen molar-refractivity contribution in [2.24, 2.45) is 0 Å². The van der Waals surface area contributed by atoms with Crippen LogP contribution in [0.2, 0.25) is 0 Å². The van der Waals surface area contributed by atoms with Crippen LogP contribution >= 0.6 is 0 Å². The normalized spacial score (nSPS) is 15.9. The molecule has 25 heavy (non-hydrogen) atoms. The Morgan fingerprint density at radius 1 is 1.24 bits per heavy atom. The Kier molecular flexibility index (Phi) is 7.01. The van der Waals surface area contributed by atoms with Gasteiger partial charge < -0.3 is 19.7 Å². The van der Waals surface area contributed by atoms with Crippen LogP contribution in [0.5, 0.6) is 5.88 Å². The van der Waals surface area contributed by atoms with Gasteiger partial charge in [-0.1, -0.05) is 6.07 Å². The lowest BCUT2D eigenvalue weighted by Crippen LogP contribution is -2.51. The Hall–Kier alpha value is -1.86. The molecule has 0 spiro atoms. The Morgan fingerprint density at radius 2 is 1.96 bits per heavy atom. The third-order valence-electron chi connectivity index (χ3n) is 3.96. The molecular formula is C18H30N4O3. The summed E-state index contributed by atoms with van der Waals surface area (Å²) in [5.41, 5.74) is 0.699.